The van der Waals surface area contributed by atoms with Crippen LogP contribution >= 0.6 is 0 Å². The maximum absolute atomic E-state index is 11.9. The molecule has 0 aliphatic carbocycles. The van der Waals surface area contributed by atoms with Crippen LogP contribution in [0.3, 0.4) is 0 Å². The van der Waals surface area contributed by atoms with Gasteiger partial charge in [-0.1, -0.05) is 0 Å². The van der Waals surface area contributed by atoms with Gasteiger partial charge in [0, 0.05) is 31.0 Å². The van der Waals surface area contributed by atoms with Crippen molar-refractivity contribution < 1.29 is 19.1 Å². The zero-order chi connectivity index (χ0) is 17.8. The van der Waals surface area contributed by atoms with Gasteiger partial charge < -0.3 is 20.1 Å². The van der Waals surface area contributed by atoms with Crippen molar-refractivity contribution in [2.24, 2.45) is 11.7 Å². The van der Waals surface area contributed by atoms with Crippen molar-refractivity contribution >= 4 is 23.4 Å². The number of hydrogen-bond acceptors (Lipinski definition) is 6. The molecule has 2 aliphatic rings. The molecule has 1 aromatic rings. The van der Waals surface area contributed by atoms with Gasteiger partial charge in [-0.25, -0.2) is 4.79 Å². The van der Waals surface area contributed by atoms with Crippen molar-refractivity contribution in [1.82, 2.24) is 0 Å². The average Bonchev–Trinajstić information content (AvgIpc) is 3.03. The van der Waals surface area contributed by atoms with Crippen LogP contribution in [0.2, 0.25) is 0 Å². The van der Waals surface area contributed by atoms with Crippen LogP contribution in [0.1, 0.15) is 19.8 Å². The van der Waals surface area contributed by atoms with Crippen LogP contribution in [0, 0.1) is 5.92 Å². The van der Waals surface area contributed by atoms with Crippen molar-refractivity contribution in [1.29, 1.82) is 0 Å². The van der Waals surface area contributed by atoms with E-state index in [1.54, 1.807) is 4.90 Å². The minimum Gasteiger partial charge on any atom is -0.466 e. The maximum Gasteiger partial charge on any atom is 0.414 e. The van der Waals surface area contributed by atoms with Crippen LogP contribution < -0.4 is 15.5 Å². The van der Waals surface area contributed by atoms with Crippen LogP contribution in [0.15, 0.2) is 24.3 Å². The Bertz CT molecular complexity index is 611. The maximum atomic E-state index is 11.9. The topological polar surface area (TPSA) is 85.1 Å². The van der Waals surface area contributed by atoms with Crippen molar-refractivity contribution in [2.75, 3.05) is 42.6 Å². The first-order valence-corrected chi connectivity index (χ1v) is 8.82. The minimum atomic E-state index is -0.349. The van der Waals surface area contributed by atoms with Crippen LogP contribution in [0.4, 0.5) is 16.2 Å². The average molecular weight is 347 g/mol. The Balaban J connectivity index is 1.58. The molecule has 3 rings (SSSR count). The first-order valence-electron chi connectivity index (χ1n) is 8.82. The highest BCUT2D eigenvalue weighted by atomic mass is 16.6. The smallest absolute Gasteiger partial charge is 0.414 e. The molecule has 2 heterocycles. The van der Waals surface area contributed by atoms with Gasteiger partial charge in [-0.2, -0.15) is 0 Å². The number of esters is 1. The number of anilines is 2. The van der Waals surface area contributed by atoms with Crippen LogP contribution in [0.25, 0.3) is 0 Å². The standard InChI is InChI=1S/C18H25N3O4/c1-2-24-17(22)13-7-9-20(10-8-13)14-3-5-15(6-4-14)21-12-16(11-19)25-18(21)23/h3-6,13,16H,2,7-12,19H2,1H3/t16-/m0/s1. The normalized spacial score (nSPS) is 21.4. The van der Waals surface area contributed by atoms with Crippen LogP contribution in [0.5, 0.6) is 0 Å². The van der Waals surface area contributed by atoms with E-state index in [-0.39, 0.29) is 24.1 Å². The van der Waals surface area contributed by atoms with Crippen molar-refractivity contribution in [3.05, 3.63) is 24.3 Å². The molecule has 1 amide bonds. The van der Waals surface area contributed by atoms with Crippen molar-refractivity contribution in [2.45, 2.75) is 25.9 Å². The summed E-state index contributed by atoms with van der Waals surface area (Å²) < 4.78 is 10.3. The number of ether oxygens (including phenoxy) is 2. The summed E-state index contributed by atoms with van der Waals surface area (Å²) in [6.07, 6.45) is 1.02. The summed E-state index contributed by atoms with van der Waals surface area (Å²) in [5.41, 5.74) is 7.47. The molecule has 1 aromatic carbocycles. The molecule has 136 valence electrons. The lowest BCUT2D eigenvalue weighted by molar-refractivity contribution is -0.148. The Morgan fingerprint density at radius 3 is 2.44 bits per heavy atom. The summed E-state index contributed by atoms with van der Waals surface area (Å²) in [6.45, 7) is 4.73. The van der Waals surface area contributed by atoms with E-state index in [0.717, 1.165) is 37.3 Å². The Kier molecular flexibility index (Phi) is 5.43. The molecule has 0 spiro atoms. The van der Waals surface area contributed by atoms with Gasteiger partial charge >= 0.3 is 12.1 Å². The summed E-state index contributed by atoms with van der Waals surface area (Å²) in [5.74, 6) is -0.0810. The van der Waals surface area contributed by atoms with Crippen molar-refractivity contribution in [3.8, 4) is 0 Å². The largest absolute Gasteiger partial charge is 0.466 e. The van der Waals surface area contributed by atoms with E-state index in [2.05, 4.69) is 4.90 Å². The highest BCUT2D eigenvalue weighted by Gasteiger charge is 2.31. The lowest BCUT2D eigenvalue weighted by atomic mass is 9.96. The SMILES string of the molecule is CCOC(=O)C1CCN(c2ccc(N3C[C@H](CN)OC3=O)cc2)CC1. The minimum absolute atomic E-state index is 0.00281. The predicted molar refractivity (Wildman–Crippen MR) is 94.7 cm³/mol. The number of amides is 1. The number of nitrogens with zero attached hydrogens (tertiary/aromatic N) is 2. The predicted octanol–water partition coefficient (Wildman–Crippen LogP) is 1.75. The molecule has 2 saturated heterocycles. The fourth-order valence-electron chi connectivity index (χ4n) is 3.33. The molecule has 7 heteroatoms. The Labute approximate surface area is 147 Å². The van der Waals surface area contributed by atoms with Gasteiger partial charge in [-0.3, -0.25) is 9.69 Å². The number of nitrogens with two attached hydrogens (primary N) is 1. The van der Waals surface area contributed by atoms with Gasteiger partial charge in [-0.05, 0) is 44.0 Å². The molecule has 0 bridgehead atoms. The molecule has 2 aliphatic heterocycles. The molecule has 2 N–H and O–H groups in total. The van der Waals surface area contributed by atoms with Gasteiger partial charge in [0.25, 0.3) is 0 Å². The third-order valence-electron chi connectivity index (χ3n) is 4.78. The first-order chi connectivity index (χ1) is 12.1. The van der Waals surface area contributed by atoms with E-state index in [0.29, 0.717) is 19.7 Å². The summed E-state index contributed by atoms with van der Waals surface area (Å²) >= 11 is 0. The second-order valence-corrected chi connectivity index (χ2v) is 6.38. The number of hydrogen-bond donors (Lipinski definition) is 1. The molecule has 0 saturated carbocycles. The molecular formula is C18H25N3O4. The fraction of sp³-hybridized carbons (Fsp3) is 0.556. The lowest BCUT2D eigenvalue weighted by Crippen LogP contribution is -2.37. The lowest BCUT2D eigenvalue weighted by Gasteiger charge is -2.32. The summed E-state index contributed by atoms with van der Waals surface area (Å²) in [6, 6.07) is 7.85. The number of cyclic esters (lactones) is 1. The number of piperidine rings is 1. The van der Waals surface area contributed by atoms with Crippen LogP contribution in [-0.2, 0) is 14.3 Å². The first kappa shape index (κ1) is 17.5. The van der Waals surface area contributed by atoms with E-state index in [9.17, 15) is 9.59 Å². The molecule has 7 nitrogen and oxygen atoms in total. The highest BCUT2D eigenvalue weighted by molar-refractivity contribution is 5.90. The van der Waals surface area contributed by atoms with E-state index in [1.165, 1.54) is 0 Å². The molecule has 25 heavy (non-hydrogen) atoms. The van der Waals surface area contributed by atoms with E-state index >= 15 is 0 Å². The number of benzene rings is 1. The third kappa shape index (κ3) is 3.87. The summed E-state index contributed by atoms with van der Waals surface area (Å²) in [7, 11) is 0. The van der Waals surface area contributed by atoms with Crippen molar-refractivity contribution in [3.63, 3.8) is 0 Å². The van der Waals surface area contributed by atoms with Gasteiger partial charge in [0.05, 0.1) is 19.1 Å². The molecule has 0 unspecified atom stereocenters. The van der Waals surface area contributed by atoms with E-state index in [4.69, 9.17) is 15.2 Å². The van der Waals surface area contributed by atoms with Gasteiger partial charge in [-0.15, -0.1) is 0 Å². The monoisotopic (exact) mass is 347 g/mol. The fourth-order valence-corrected chi connectivity index (χ4v) is 3.33. The number of rotatable bonds is 5. The molecule has 2 fully saturated rings. The summed E-state index contributed by atoms with van der Waals surface area (Å²) in [5, 5.41) is 0. The van der Waals surface area contributed by atoms with Gasteiger partial charge in [0.15, 0.2) is 0 Å². The third-order valence-corrected chi connectivity index (χ3v) is 4.78. The number of carbonyl (C=O) groups excluding carboxylic acids is 2. The number of carbonyl (C=O) groups is 2. The van der Waals surface area contributed by atoms with E-state index < -0.39 is 0 Å². The van der Waals surface area contributed by atoms with Gasteiger partial charge in [0.1, 0.15) is 6.10 Å². The quantitative estimate of drug-likeness (QED) is 0.817. The summed E-state index contributed by atoms with van der Waals surface area (Å²) in [4.78, 5) is 27.6. The molecular weight excluding hydrogens is 322 g/mol. The van der Waals surface area contributed by atoms with E-state index in [1.807, 2.05) is 31.2 Å². The molecule has 0 radical (unpaired) electrons. The molecule has 0 aromatic heterocycles. The van der Waals surface area contributed by atoms with Crippen LogP contribution in [-0.4, -0.2) is 51.0 Å². The Morgan fingerprint density at radius 1 is 1.24 bits per heavy atom. The van der Waals surface area contributed by atoms with Gasteiger partial charge in [0.2, 0.25) is 0 Å². The second-order valence-electron chi connectivity index (χ2n) is 6.38. The zero-order valence-electron chi connectivity index (χ0n) is 14.5. The Hall–Kier alpha value is -2.28. The Morgan fingerprint density at radius 2 is 1.88 bits per heavy atom. The zero-order valence-corrected chi connectivity index (χ0v) is 14.5. The highest BCUT2D eigenvalue weighted by Crippen LogP contribution is 2.28. The molecule has 1 atom stereocenters. The second kappa shape index (κ2) is 7.74.